The lowest BCUT2D eigenvalue weighted by Gasteiger charge is -2.17. The molecule has 0 bridgehead atoms. The molecule has 0 saturated carbocycles. The summed E-state index contributed by atoms with van der Waals surface area (Å²) in [5.74, 6) is -1.51. The summed E-state index contributed by atoms with van der Waals surface area (Å²) < 4.78 is 0. The van der Waals surface area contributed by atoms with Crippen LogP contribution in [0.4, 0.5) is 5.69 Å². The first-order valence-electron chi connectivity index (χ1n) is 9.40. The molecule has 1 aromatic carbocycles. The van der Waals surface area contributed by atoms with E-state index in [4.69, 9.17) is 0 Å². The van der Waals surface area contributed by atoms with Gasteiger partial charge in [0.25, 0.3) is 17.7 Å². The molecule has 3 N–H and O–H groups in total. The minimum Gasteiger partial charge on any atom is -0.505 e. The Morgan fingerprint density at radius 3 is 2.39 bits per heavy atom. The van der Waals surface area contributed by atoms with Crippen molar-refractivity contribution in [1.29, 1.82) is 0 Å². The normalized spacial score (nSPS) is 15.1. The molecule has 152 valence electrons. The van der Waals surface area contributed by atoms with E-state index in [1.54, 1.807) is 33.2 Å². The summed E-state index contributed by atoms with van der Waals surface area (Å²) in [6.45, 7) is 5.94. The lowest BCUT2D eigenvalue weighted by Crippen LogP contribution is -2.35. The average molecular weight is 388 g/mol. The van der Waals surface area contributed by atoms with Crippen LogP contribution in [0.15, 0.2) is 29.6 Å². The molecule has 0 aliphatic carbocycles. The number of anilines is 1. The van der Waals surface area contributed by atoms with Gasteiger partial charge >= 0.3 is 0 Å². The minimum absolute atomic E-state index is 0.000561. The SMILES string of the molecule is CCCC(C)NC1=C(Nc2cccc(C(=O)N(C)C)c2O)C(=O)N(CC)C1=O. The van der Waals surface area contributed by atoms with Crippen LogP contribution in [0.1, 0.15) is 44.0 Å². The lowest BCUT2D eigenvalue weighted by molar-refractivity contribution is -0.137. The van der Waals surface area contributed by atoms with Crippen molar-refractivity contribution in [2.75, 3.05) is 26.0 Å². The maximum atomic E-state index is 12.7. The number of nitrogens with zero attached hydrogens (tertiary/aromatic N) is 2. The van der Waals surface area contributed by atoms with E-state index in [2.05, 4.69) is 10.6 Å². The van der Waals surface area contributed by atoms with Crippen molar-refractivity contribution in [2.24, 2.45) is 0 Å². The van der Waals surface area contributed by atoms with Gasteiger partial charge < -0.3 is 20.6 Å². The first-order valence-corrected chi connectivity index (χ1v) is 9.40. The Morgan fingerprint density at radius 2 is 1.82 bits per heavy atom. The van der Waals surface area contributed by atoms with Crippen molar-refractivity contribution in [3.63, 3.8) is 0 Å². The number of hydrogen-bond donors (Lipinski definition) is 3. The molecule has 1 aromatic rings. The number of carbonyl (C=O) groups excluding carboxylic acids is 3. The van der Waals surface area contributed by atoms with E-state index in [1.165, 1.54) is 11.0 Å². The maximum absolute atomic E-state index is 12.7. The van der Waals surface area contributed by atoms with Gasteiger partial charge in [-0.3, -0.25) is 19.3 Å². The van der Waals surface area contributed by atoms with E-state index in [0.717, 1.165) is 17.7 Å². The molecule has 1 unspecified atom stereocenters. The second kappa shape index (κ2) is 8.77. The molecule has 3 amide bonds. The van der Waals surface area contributed by atoms with Gasteiger partial charge in [0.1, 0.15) is 11.4 Å². The van der Waals surface area contributed by atoms with Gasteiger partial charge in [-0.1, -0.05) is 19.4 Å². The molecule has 1 aliphatic rings. The quantitative estimate of drug-likeness (QED) is 0.464. The minimum atomic E-state index is -0.470. The van der Waals surface area contributed by atoms with E-state index in [1.807, 2.05) is 13.8 Å². The molecule has 0 radical (unpaired) electrons. The third-order valence-electron chi connectivity index (χ3n) is 4.53. The number of benzene rings is 1. The summed E-state index contributed by atoms with van der Waals surface area (Å²) in [6, 6.07) is 4.65. The predicted octanol–water partition coefficient (Wildman–Crippen LogP) is 1.88. The van der Waals surface area contributed by atoms with Gasteiger partial charge in [-0.05, 0) is 32.4 Å². The van der Waals surface area contributed by atoms with Crippen LogP contribution in [-0.2, 0) is 9.59 Å². The lowest BCUT2D eigenvalue weighted by atomic mass is 10.1. The second-order valence-electron chi connectivity index (χ2n) is 6.96. The molecule has 0 fully saturated rings. The van der Waals surface area contributed by atoms with Gasteiger partial charge in [0, 0.05) is 26.7 Å². The number of carbonyl (C=O) groups is 3. The van der Waals surface area contributed by atoms with Crippen molar-refractivity contribution in [3.8, 4) is 5.75 Å². The summed E-state index contributed by atoms with van der Waals surface area (Å²) in [4.78, 5) is 40.1. The maximum Gasteiger partial charge on any atom is 0.279 e. The Hall–Kier alpha value is -3.03. The summed E-state index contributed by atoms with van der Waals surface area (Å²) in [5, 5.41) is 16.5. The molecule has 0 spiro atoms. The molecule has 1 atom stereocenters. The topological polar surface area (TPSA) is 102 Å². The average Bonchev–Trinajstić information content (AvgIpc) is 2.86. The van der Waals surface area contributed by atoms with Crippen molar-refractivity contribution in [3.05, 3.63) is 35.2 Å². The highest BCUT2D eigenvalue weighted by Crippen LogP contribution is 2.31. The number of hydrogen-bond acceptors (Lipinski definition) is 6. The number of para-hydroxylation sites is 1. The van der Waals surface area contributed by atoms with Crippen LogP contribution >= 0.6 is 0 Å². The molecule has 0 saturated heterocycles. The first-order chi connectivity index (χ1) is 13.2. The Labute approximate surface area is 165 Å². The summed E-state index contributed by atoms with van der Waals surface area (Å²) in [7, 11) is 3.17. The van der Waals surface area contributed by atoms with Crippen LogP contribution in [-0.4, -0.2) is 59.3 Å². The molecule has 2 rings (SSSR count). The van der Waals surface area contributed by atoms with E-state index < -0.39 is 11.8 Å². The highest BCUT2D eigenvalue weighted by molar-refractivity contribution is 6.20. The van der Waals surface area contributed by atoms with Crippen molar-refractivity contribution in [2.45, 2.75) is 39.7 Å². The van der Waals surface area contributed by atoms with E-state index in [-0.39, 0.29) is 46.9 Å². The van der Waals surface area contributed by atoms with Gasteiger partial charge in [0.05, 0.1) is 11.3 Å². The number of imide groups is 1. The molecule has 28 heavy (non-hydrogen) atoms. The van der Waals surface area contributed by atoms with Gasteiger partial charge in [0.15, 0.2) is 5.75 Å². The molecular formula is C20H28N4O4. The number of likely N-dealkylation sites (N-methyl/N-ethyl adjacent to an activating group) is 1. The third-order valence-corrected chi connectivity index (χ3v) is 4.53. The van der Waals surface area contributed by atoms with Crippen molar-refractivity contribution < 1.29 is 19.5 Å². The van der Waals surface area contributed by atoms with E-state index in [0.29, 0.717) is 0 Å². The number of rotatable bonds is 8. The molecule has 0 aromatic heterocycles. The zero-order chi connectivity index (χ0) is 21.0. The zero-order valence-electron chi connectivity index (χ0n) is 17.0. The summed E-state index contributed by atoms with van der Waals surface area (Å²) in [5.41, 5.74) is 0.536. The highest BCUT2D eigenvalue weighted by Gasteiger charge is 2.38. The van der Waals surface area contributed by atoms with Crippen LogP contribution in [0, 0.1) is 0 Å². The number of phenols is 1. The third kappa shape index (κ3) is 4.11. The van der Waals surface area contributed by atoms with Crippen molar-refractivity contribution in [1.82, 2.24) is 15.1 Å². The fourth-order valence-corrected chi connectivity index (χ4v) is 3.06. The van der Waals surface area contributed by atoms with Crippen LogP contribution in [0.3, 0.4) is 0 Å². The summed E-state index contributed by atoms with van der Waals surface area (Å²) >= 11 is 0. The molecule has 8 nitrogen and oxygen atoms in total. The van der Waals surface area contributed by atoms with Crippen LogP contribution < -0.4 is 10.6 Å². The number of amides is 3. The molecule has 1 heterocycles. The highest BCUT2D eigenvalue weighted by atomic mass is 16.3. The van der Waals surface area contributed by atoms with Crippen LogP contribution in [0.2, 0.25) is 0 Å². The van der Waals surface area contributed by atoms with E-state index >= 15 is 0 Å². The number of aromatic hydroxyl groups is 1. The molecular weight excluding hydrogens is 360 g/mol. The Bertz CT molecular complexity index is 816. The number of nitrogens with one attached hydrogen (secondary N) is 2. The molecule has 1 aliphatic heterocycles. The van der Waals surface area contributed by atoms with Crippen LogP contribution in [0.25, 0.3) is 0 Å². The van der Waals surface area contributed by atoms with Gasteiger partial charge in [-0.25, -0.2) is 0 Å². The largest absolute Gasteiger partial charge is 0.505 e. The molecule has 8 heteroatoms. The van der Waals surface area contributed by atoms with Crippen LogP contribution in [0.5, 0.6) is 5.75 Å². The Balaban J connectivity index is 2.44. The second-order valence-corrected chi connectivity index (χ2v) is 6.96. The van der Waals surface area contributed by atoms with E-state index in [9.17, 15) is 19.5 Å². The monoisotopic (exact) mass is 388 g/mol. The van der Waals surface area contributed by atoms with Gasteiger partial charge in [-0.15, -0.1) is 0 Å². The predicted molar refractivity (Wildman–Crippen MR) is 107 cm³/mol. The van der Waals surface area contributed by atoms with Gasteiger partial charge in [0.2, 0.25) is 0 Å². The fraction of sp³-hybridized carbons (Fsp3) is 0.450. The summed E-state index contributed by atoms with van der Waals surface area (Å²) in [6.07, 6.45) is 1.77. The Morgan fingerprint density at radius 1 is 1.18 bits per heavy atom. The Kier molecular flexibility index (Phi) is 6.66. The fourth-order valence-electron chi connectivity index (χ4n) is 3.06. The van der Waals surface area contributed by atoms with Gasteiger partial charge in [-0.2, -0.15) is 0 Å². The standard InChI is InChI=1S/C20H28N4O4/c1-6-9-12(3)21-15-16(20(28)24(7-2)19(15)27)22-14-11-8-10-13(17(14)25)18(26)23(4)5/h8,10-12,21-22,25H,6-7,9H2,1-5H3. The zero-order valence-corrected chi connectivity index (χ0v) is 17.0. The van der Waals surface area contributed by atoms with Crippen molar-refractivity contribution >= 4 is 23.4 Å². The smallest absolute Gasteiger partial charge is 0.279 e. The first kappa shape index (κ1) is 21.3. The number of phenolic OH excluding ortho intramolecular Hbond substituents is 1.